The van der Waals surface area contributed by atoms with Gasteiger partial charge < -0.3 is 9.47 Å². The number of hydrogen-bond donors (Lipinski definition) is 0. The van der Waals surface area contributed by atoms with Crippen molar-refractivity contribution in [2.75, 3.05) is 0 Å². The molecule has 0 spiro atoms. The highest BCUT2D eigenvalue weighted by Crippen LogP contribution is 2.18. The van der Waals surface area contributed by atoms with Crippen LogP contribution in [0, 0.1) is 0 Å². The third-order valence-corrected chi connectivity index (χ3v) is 2.70. The number of ether oxygens (including phenoxy) is 2. The van der Waals surface area contributed by atoms with Gasteiger partial charge in [0, 0.05) is 10.6 Å². The summed E-state index contributed by atoms with van der Waals surface area (Å²) >= 11 is 5.79. The van der Waals surface area contributed by atoms with Crippen LogP contribution in [-0.2, 0) is 9.47 Å². The number of halogens is 1. The predicted octanol–water partition coefficient (Wildman–Crippen LogP) is 4.65. The summed E-state index contributed by atoms with van der Waals surface area (Å²) in [6, 6.07) is 5.78. The molecule has 0 aromatic heterocycles. The monoisotopic (exact) mass is 355 g/mol. The fourth-order valence-electron chi connectivity index (χ4n) is 1.58. The van der Waals surface area contributed by atoms with E-state index in [1.54, 1.807) is 41.5 Å². The van der Waals surface area contributed by atoms with Crippen molar-refractivity contribution in [3.05, 3.63) is 34.9 Å². The van der Waals surface area contributed by atoms with Gasteiger partial charge >= 0.3 is 12.2 Å². The van der Waals surface area contributed by atoms with E-state index in [-0.39, 0.29) is 5.56 Å². The van der Waals surface area contributed by atoms with E-state index in [0.29, 0.717) is 9.92 Å². The van der Waals surface area contributed by atoms with E-state index in [1.807, 2.05) is 0 Å². The molecule has 132 valence electrons. The summed E-state index contributed by atoms with van der Waals surface area (Å²) in [5.41, 5.74) is -1.65. The van der Waals surface area contributed by atoms with Crippen LogP contribution in [0.25, 0.3) is 0 Å². The second-order valence-corrected chi connectivity index (χ2v) is 7.54. The number of imide groups is 3. The second-order valence-electron chi connectivity index (χ2n) is 7.11. The maximum Gasteiger partial charge on any atom is 0.427 e. The van der Waals surface area contributed by atoms with Gasteiger partial charge in [-0.2, -0.15) is 0 Å². The maximum absolute atomic E-state index is 12.6. The zero-order chi connectivity index (χ0) is 18.7. The van der Waals surface area contributed by atoms with Crippen LogP contribution in [0.2, 0.25) is 5.02 Å². The van der Waals surface area contributed by atoms with Gasteiger partial charge in [-0.25, -0.2) is 9.59 Å². The highest BCUT2D eigenvalue weighted by molar-refractivity contribution is 6.30. The Hall–Kier alpha value is -2.08. The van der Waals surface area contributed by atoms with Crippen LogP contribution in [0.5, 0.6) is 0 Å². The van der Waals surface area contributed by atoms with Crippen molar-refractivity contribution in [1.29, 1.82) is 0 Å². The highest BCUT2D eigenvalue weighted by atomic mass is 35.5. The zero-order valence-corrected chi connectivity index (χ0v) is 15.4. The Bertz CT molecular complexity index is 598. The molecule has 0 aliphatic heterocycles. The van der Waals surface area contributed by atoms with Crippen LogP contribution in [-0.4, -0.2) is 34.2 Å². The van der Waals surface area contributed by atoms with Crippen molar-refractivity contribution in [2.24, 2.45) is 0 Å². The van der Waals surface area contributed by atoms with Crippen LogP contribution in [0.15, 0.2) is 24.3 Å². The molecule has 0 saturated heterocycles. The molecule has 0 unspecified atom stereocenters. The van der Waals surface area contributed by atoms with E-state index in [9.17, 15) is 14.4 Å². The van der Waals surface area contributed by atoms with Crippen LogP contribution >= 0.6 is 11.6 Å². The number of hydrogen-bond acceptors (Lipinski definition) is 5. The Balaban J connectivity index is 3.16. The molecule has 3 amide bonds. The Labute approximate surface area is 146 Å². The molecule has 1 aromatic carbocycles. The number of carbonyl (C=O) groups is 3. The lowest BCUT2D eigenvalue weighted by atomic mass is 10.2. The largest absolute Gasteiger partial charge is 0.443 e. The minimum atomic E-state index is -1.10. The minimum absolute atomic E-state index is 0.108. The van der Waals surface area contributed by atoms with Crippen molar-refractivity contribution >= 4 is 29.7 Å². The topological polar surface area (TPSA) is 72.9 Å². The Morgan fingerprint density at radius 2 is 1.21 bits per heavy atom. The minimum Gasteiger partial charge on any atom is -0.443 e. The first-order valence-electron chi connectivity index (χ1n) is 7.36. The molecule has 0 bridgehead atoms. The quantitative estimate of drug-likeness (QED) is 0.732. The zero-order valence-electron chi connectivity index (χ0n) is 14.7. The van der Waals surface area contributed by atoms with Crippen molar-refractivity contribution in [2.45, 2.75) is 52.7 Å². The number of nitrogens with zero attached hydrogens (tertiary/aromatic N) is 1. The number of carbonyl (C=O) groups excluding carboxylic acids is 3. The van der Waals surface area contributed by atoms with E-state index in [0.717, 1.165) is 0 Å². The molecule has 0 heterocycles. The number of amides is 3. The SMILES string of the molecule is CC(C)(C)OC(=O)N(C(=O)OC(C)(C)C)C(=O)c1ccc(Cl)cc1. The van der Waals surface area contributed by atoms with Crippen molar-refractivity contribution in [1.82, 2.24) is 4.90 Å². The van der Waals surface area contributed by atoms with Gasteiger partial charge in [-0.1, -0.05) is 11.6 Å². The third-order valence-electron chi connectivity index (χ3n) is 2.45. The molecule has 7 heteroatoms. The van der Waals surface area contributed by atoms with Crippen LogP contribution in [0.4, 0.5) is 9.59 Å². The molecular weight excluding hydrogens is 334 g/mol. The molecule has 0 atom stereocenters. The molecule has 1 rings (SSSR count). The highest BCUT2D eigenvalue weighted by Gasteiger charge is 2.36. The summed E-state index contributed by atoms with van der Waals surface area (Å²) < 4.78 is 10.3. The van der Waals surface area contributed by atoms with Gasteiger partial charge in [0.05, 0.1) is 0 Å². The smallest absolute Gasteiger partial charge is 0.427 e. The summed E-state index contributed by atoms with van der Waals surface area (Å²) in [7, 11) is 0. The van der Waals surface area contributed by atoms with Gasteiger partial charge in [0.1, 0.15) is 11.2 Å². The fraction of sp³-hybridized carbons (Fsp3) is 0.471. The average Bonchev–Trinajstić information content (AvgIpc) is 2.34. The van der Waals surface area contributed by atoms with Crippen LogP contribution in [0.1, 0.15) is 51.9 Å². The number of rotatable bonds is 1. The van der Waals surface area contributed by atoms with Crippen molar-refractivity contribution in [3.63, 3.8) is 0 Å². The molecule has 0 aliphatic rings. The van der Waals surface area contributed by atoms with Gasteiger partial charge in [-0.3, -0.25) is 4.79 Å². The van der Waals surface area contributed by atoms with Gasteiger partial charge in [-0.05, 0) is 65.8 Å². The number of benzene rings is 1. The Morgan fingerprint density at radius 1 is 0.833 bits per heavy atom. The van der Waals surface area contributed by atoms with E-state index < -0.39 is 29.3 Å². The summed E-state index contributed by atoms with van der Waals surface area (Å²) in [6.45, 7) is 9.78. The molecular formula is C17H22ClNO5. The maximum atomic E-state index is 12.6. The summed E-state index contributed by atoms with van der Waals surface area (Å²) in [5, 5.41) is 0.424. The molecule has 0 N–H and O–H groups in total. The molecule has 0 fully saturated rings. The van der Waals surface area contributed by atoms with Gasteiger partial charge in [0.15, 0.2) is 0 Å². The van der Waals surface area contributed by atoms with Crippen molar-refractivity contribution < 1.29 is 23.9 Å². The molecule has 24 heavy (non-hydrogen) atoms. The fourth-order valence-corrected chi connectivity index (χ4v) is 1.70. The Kier molecular flexibility index (Phi) is 6.00. The first kappa shape index (κ1) is 20.0. The van der Waals surface area contributed by atoms with E-state index in [1.165, 1.54) is 24.3 Å². The second kappa shape index (κ2) is 7.21. The van der Waals surface area contributed by atoms with Gasteiger partial charge in [0.2, 0.25) is 0 Å². The lowest BCUT2D eigenvalue weighted by Crippen LogP contribution is -2.46. The molecule has 6 nitrogen and oxygen atoms in total. The van der Waals surface area contributed by atoms with Gasteiger partial charge in [0.25, 0.3) is 5.91 Å². The van der Waals surface area contributed by atoms with E-state index in [2.05, 4.69) is 0 Å². The Morgan fingerprint density at radius 3 is 1.54 bits per heavy atom. The molecule has 0 aliphatic carbocycles. The first-order valence-corrected chi connectivity index (χ1v) is 7.74. The summed E-state index contributed by atoms with van der Waals surface area (Å²) in [4.78, 5) is 37.6. The van der Waals surface area contributed by atoms with Crippen LogP contribution in [0.3, 0.4) is 0 Å². The lowest BCUT2D eigenvalue weighted by Gasteiger charge is -2.27. The average molecular weight is 356 g/mol. The standard InChI is InChI=1S/C17H22ClNO5/c1-16(2,3)23-14(21)19(15(22)24-17(4,5)6)13(20)11-7-9-12(18)10-8-11/h7-10H,1-6H3. The van der Waals surface area contributed by atoms with Gasteiger partial charge in [-0.15, -0.1) is 4.90 Å². The van der Waals surface area contributed by atoms with E-state index >= 15 is 0 Å². The lowest BCUT2D eigenvalue weighted by molar-refractivity contribution is 0.00398. The first-order chi connectivity index (χ1) is 10.8. The molecule has 1 aromatic rings. The summed E-state index contributed by atoms with van der Waals surface area (Å²) in [6.07, 6.45) is -2.20. The third kappa shape index (κ3) is 6.20. The molecule has 0 radical (unpaired) electrons. The normalized spacial score (nSPS) is 11.6. The summed E-state index contributed by atoms with van der Waals surface area (Å²) in [5.74, 6) is -0.852. The van der Waals surface area contributed by atoms with E-state index in [4.69, 9.17) is 21.1 Å². The predicted molar refractivity (Wildman–Crippen MR) is 90.1 cm³/mol. The van der Waals surface area contributed by atoms with Crippen LogP contribution < -0.4 is 0 Å². The van der Waals surface area contributed by atoms with Crippen molar-refractivity contribution in [3.8, 4) is 0 Å². The molecule has 0 saturated carbocycles.